The lowest BCUT2D eigenvalue weighted by molar-refractivity contribution is -0.0521. The van der Waals surface area contributed by atoms with Gasteiger partial charge in [-0.1, -0.05) is 0 Å². The van der Waals surface area contributed by atoms with E-state index in [1.807, 2.05) is 0 Å². The molecule has 1 aromatic carbocycles. The van der Waals surface area contributed by atoms with Gasteiger partial charge in [0.2, 0.25) is 0 Å². The van der Waals surface area contributed by atoms with Gasteiger partial charge in [0.25, 0.3) is 0 Å². The normalized spacial score (nSPS) is 22.2. The maximum Gasteiger partial charge on any atom is 0.387 e. The van der Waals surface area contributed by atoms with E-state index in [0.717, 1.165) is 25.0 Å². The van der Waals surface area contributed by atoms with Crippen molar-refractivity contribution in [3.63, 3.8) is 0 Å². The number of halogens is 3. The highest BCUT2D eigenvalue weighted by molar-refractivity contribution is 5.69. The molecule has 2 rings (SSSR count). The summed E-state index contributed by atoms with van der Waals surface area (Å²) < 4.78 is 46.8. The number of ether oxygens (including phenoxy) is 2. The lowest BCUT2D eigenvalue weighted by Gasteiger charge is -2.35. The van der Waals surface area contributed by atoms with Crippen LogP contribution in [0.2, 0.25) is 0 Å². The predicted octanol–water partition coefficient (Wildman–Crippen LogP) is 2.60. The Morgan fingerprint density at radius 1 is 1.37 bits per heavy atom. The average Bonchev–Trinajstić information content (AvgIpc) is 2.27. The fourth-order valence-electron chi connectivity index (χ4n) is 1.98. The topological polar surface area (TPSA) is 56.5 Å². The van der Waals surface area contributed by atoms with E-state index in [0.29, 0.717) is 5.69 Å². The number of anilines is 2. The molecule has 0 spiro atoms. The zero-order valence-electron chi connectivity index (χ0n) is 10.3. The van der Waals surface area contributed by atoms with Crippen molar-refractivity contribution in [3.05, 3.63) is 17.9 Å². The number of alkyl halides is 2. The summed E-state index contributed by atoms with van der Waals surface area (Å²) in [4.78, 5) is 0. The van der Waals surface area contributed by atoms with Crippen LogP contribution >= 0.6 is 0 Å². The fraction of sp³-hybridized carbons (Fsp3) is 0.500. The Morgan fingerprint density at radius 3 is 2.63 bits per heavy atom. The van der Waals surface area contributed by atoms with Crippen molar-refractivity contribution >= 4 is 11.4 Å². The van der Waals surface area contributed by atoms with Gasteiger partial charge >= 0.3 is 6.61 Å². The Hall–Kier alpha value is -1.63. The number of nitrogen functional groups attached to an aromatic ring is 1. The summed E-state index contributed by atoms with van der Waals surface area (Å²) in [6.45, 7) is -3.08. The third kappa shape index (κ3) is 3.23. The maximum absolute atomic E-state index is 13.4. The number of benzene rings is 1. The van der Waals surface area contributed by atoms with Gasteiger partial charge in [-0.05, 0) is 12.8 Å². The Balaban J connectivity index is 2.07. The van der Waals surface area contributed by atoms with Crippen LogP contribution < -0.4 is 15.8 Å². The maximum atomic E-state index is 13.4. The van der Waals surface area contributed by atoms with Crippen molar-refractivity contribution in [3.8, 4) is 5.75 Å². The number of methoxy groups -OCH3 is 1. The van der Waals surface area contributed by atoms with Crippen LogP contribution in [-0.2, 0) is 4.74 Å². The van der Waals surface area contributed by atoms with Crippen LogP contribution in [0.15, 0.2) is 12.1 Å². The van der Waals surface area contributed by atoms with E-state index in [1.54, 1.807) is 7.11 Å². The van der Waals surface area contributed by atoms with E-state index in [-0.39, 0.29) is 17.8 Å². The monoisotopic (exact) mass is 276 g/mol. The van der Waals surface area contributed by atoms with Gasteiger partial charge in [-0.15, -0.1) is 0 Å². The molecule has 0 unspecified atom stereocenters. The van der Waals surface area contributed by atoms with Crippen molar-refractivity contribution in [2.75, 3.05) is 18.2 Å². The summed E-state index contributed by atoms with van der Waals surface area (Å²) in [5.74, 6) is -1.43. The van der Waals surface area contributed by atoms with Gasteiger partial charge in [0.1, 0.15) is 0 Å². The molecule has 4 nitrogen and oxygen atoms in total. The molecule has 0 atom stereocenters. The molecule has 0 heterocycles. The van der Waals surface area contributed by atoms with Crippen molar-refractivity contribution in [2.24, 2.45) is 0 Å². The molecular formula is C12H15F3N2O2. The summed E-state index contributed by atoms with van der Waals surface area (Å²) >= 11 is 0. The Morgan fingerprint density at radius 2 is 2.05 bits per heavy atom. The summed E-state index contributed by atoms with van der Waals surface area (Å²) in [7, 11) is 1.63. The number of hydrogen-bond donors (Lipinski definition) is 2. The van der Waals surface area contributed by atoms with Gasteiger partial charge < -0.3 is 20.5 Å². The minimum Gasteiger partial charge on any atom is -0.432 e. The number of hydrogen-bond acceptors (Lipinski definition) is 4. The third-order valence-corrected chi connectivity index (χ3v) is 3.11. The largest absolute Gasteiger partial charge is 0.432 e. The van der Waals surface area contributed by atoms with Crippen LogP contribution in [0.25, 0.3) is 0 Å². The van der Waals surface area contributed by atoms with Gasteiger partial charge in [-0.2, -0.15) is 8.78 Å². The molecule has 1 fully saturated rings. The van der Waals surface area contributed by atoms with E-state index in [2.05, 4.69) is 10.1 Å². The molecule has 7 heteroatoms. The Kier molecular flexibility index (Phi) is 4.04. The molecule has 0 radical (unpaired) electrons. The second-order valence-corrected chi connectivity index (χ2v) is 4.42. The molecule has 0 aliphatic heterocycles. The Labute approximate surface area is 108 Å². The highest BCUT2D eigenvalue weighted by Gasteiger charge is 2.29. The van der Waals surface area contributed by atoms with E-state index in [9.17, 15) is 13.2 Å². The molecule has 19 heavy (non-hydrogen) atoms. The van der Waals surface area contributed by atoms with E-state index in [1.165, 1.54) is 0 Å². The number of nitrogens with one attached hydrogen (secondary N) is 1. The lowest BCUT2D eigenvalue weighted by Crippen LogP contribution is -2.40. The summed E-state index contributed by atoms with van der Waals surface area (Å²) in [6, 6.07) is 2.25. The molecule has 1 aliphatic carbocycles. The average molecular weight is 276 g/mol. The van der Waals surface area contributed by atoms with Crippen molar-refractivity contribution in [1.29, 1.82) is 0 Å². The summed E-state index contributed by atoms with van der Waals surface area (Å²) in [5.41, 5.74) is 6.18. The van der Waals surface area contributed by atoms with Gasteiger partial charge in [0.05, 0.1) is 17.5 Å². The molecule has 106 valence electrons. The lowest BCUT2D eigenvalue weighted by atomic mass is 9.89. The molecule has 1 aromatic rings. The van der Waals surface area contributed by atoms with Gasteiger partial charge in [-0.25, -0.2) is 4.39 Å². The van der Waals surface area contributed by atoms with E-state index >= 15 is 0 Å². The molecule has 0 bridgehead atoms. The molecule has 1 aliphatic rings. The minimum absolute atomic E-state index is 0.136. The Bertz CT molecular complexity index is 451. The predicted molar refractivity (Wildman–Crippen MR) is 64.9 cm³/mol. The quantitative estimate of drug-likeness (QED) is 0.812. The smallest absolute Gasteiger partial charge is 0.387 e. The fourth-order valence-corrected chi connectivity index (χ4v) is 1.98. The molecule has 0 amide bonds. The second-order valence-electron chi connectivity index (χ2n) is 4.42. The van der Waals surface area contributed by atoms with E-state index < -0.39 is 18.2 Å². The second kappa shape index (κ2) is 5.56. The first-order chi connectivity index (χ1) is 8.99. The zero-order valence-corrected chi connectivity index (χ0v) is 10.3. The van der Waals surface area contributed by atoms with Gasteiger partial charge in [-0.3, -0.25) is 0 Å². The zero-order chi connectivity index (χ0) is 14.0. The third-order valence-electron chi connectivity index (χ3n) is 3.11. The summed E-state index contributed by atoms with van der Waals surface area (Å²) in [5, 5.41) is 3.06. The molecule has 3 N–H and O–H groups in total. The molecule has 0 aromatic heterocycles. The summed E-state index contributed by atoms with van der Waals surface area (Å²) in [6.07, 6.45) is 1.77. The van der Waals surface area contributed by atoms with Gasteiger partial charge in [0, 0.05) is 25.3 Å². The van der Waals surface area contributed by atoms with Crippen LogP contribution in [-0.4, -0.2) is 25.9 Å². The SMILES string of the molecule is COC1CC(Nc2cc(OC(F)F)c(F)cc2N)C1. The molecule has 0 saturated heterocycles. The first-order valence-electron chi connectivity index (χ1n) is 5.82. The first kappa shape index (κ1) is 13.8. The van der Waals surface area contributed by atoms with Crippen LogP contribution in [0, 0.1) is 5.82 Å². The van der Waals surface area contributed by atoms with Crippen LogP contribution in [0.1, 0.15) is 12.8 Å². The van der Waals surface area contributed by atoms with Gasteiger partial charge in [0.15, 0.2) is 11.6 Å². The molecule has 1 saturated carbocycles. The standard InChI is InChI=1S/C12H15F3N2O2/c1-18-7-2-6(3-7)17-10-5-11(19-12(14)15)8(13)4-9(10)16/h4-7,12,17H,2-3,16H2,1H3. The highest BCUT2D eigenvalue weighted by atomic mass is 19.3. The first-order valence-corrected chi connectivity index (χ1v) is 5.82. The van der Waals surface area contributed by atoms with Crippen LogP contribution in [0.5, 0.6) is 5.75 Å². The van der Waals surface area contributed by atoms with Crippen LogP contribution in [0.4, 0.5) is 24.5 Å². The van der Waals surface area contributed by atoms with Crippen LogP contribution in [0.3, 0.4) is 0 Å². The number of rotatable bonds is 5. The van der Waals surface area contributed by atoms with E-state index in [4.69, 9.17) is 10.5 Å². The number of nitrogens with two attached hydrogens (primary N) is 1. The van der Waals surface area contributed by atoms with Crippen molar-refractivity contribution in [1.82, 2.24) is 0 Å². The van der Waals surface area contributed by atoms with Crippen molar-refractivity contribution < 1.29 is 22.6 Å². The highest BCUT2D eigenvalue weighted by Crippen LogP contribution is 2.33. The minimum atomic E-state index is -3.08. The van der Waals surface area contributed by atoms with Crippen molar-refractivity contribution in [2.45, 2.75) is 31.6 Å². The molecular weight excluding hydrogens is 261 g/mol.